The van der Waals surface area contributed by atoms with Crippen molar-refractivity contribution in [2.24, 2.45) is 5.16 Å². The van der Waals surface area contributed by atoms with E-state index in [4.69, 9.17) is 20.1 Å². The van der Waals surface area contributed by atoms with Crippen LogP contribution in [0.1, 0.15) is 12.8 Å². The Bertz CT molecular complexity index is 623. The van der Waals surface area contributed by atoms with Gasteiger partial charge in [0.15, 0.2) is 0 Å². The molecule has 2 heterocycles. The minimum absolute atomic E-state index is 0.273. The maximum absolute atomic E-state index is 10.7. The molecule has 0 aromatic carbocycles. The zero-order valence-corrected chi connectivity index (χ0v) is 14.3. The Balaban J connectivity index is 0.000000412. The van der Waals surface area contributed by atoms with Crippen molar-refractivity contribution in [1.29, 1.82) is 10.5 Å². The van der Waals surface area contributed by atoms with E-state index in [2.05, 4.69) is 9.73 Å². The molecule has 0 aromatic rings. The van der Waals surface area contributed by atoms with E-state index in [-0.39, 0.29) is 5.71 Å². The normalized spacial score (nSPS) is 19.7. The molecule has 2 aliphatic rings. The molecule has 0 aromatic heterocycles. The van der Waals surface area contributed by atoms with E-state index in [9.17, 15) is 25.2 Å². The van der Waals surface area contributed by atoms with Gasteiger partial charge in [-0.25, -0.2) is 9.48 Å². The third-order valence-electron chi connectivity index (χ3n) is 3.09. The van der Waals surface area contributed by atoms with Crippen LogP contribution in [0.25, 0.3) is 0 Å². The molecule has 0 radical (unpaired) electrons. The molecule has 14 heteroatoms. The average molecular weight is 407 g/mol. The van der Waals surface area contributed by atoms with E-state index in [1.54, 1.807) is 12.1 Å². The second-order valence-electron chi connectivity index (χ2n) is 5.29. The topological polar surface area (TPSA) is 84.7 Å². The number of amidine groups is 1. The van der Waals surface area contributed by atoms with Crippen LogP contribution in [0.2, 0.25) is 0 Å². The predicted octanol–water partition coefficient (Wildman–Crippen LogP) is 3.28. The Hall–Kier alpha value is -2.11. The molecule has 0 N–H and O–H groups in total. The second-order valence-corrected chi connectivity index (χ2v) is 7.21. The molecule has 2 saturated heterocycles. The van der Waals surface area contributed by atoms with Gasteiger partial charge >= 0.3 is 39.0 Å². The first-order valence-electron chi connectivity index (χ1n) is 7.36. The molecule has 26 heavy (non-hydrogen) atoms. The van der Waals surface area contributed by atoms with Gasteiger partial charge in [0, 0.05) is 0 Å². The van der Waals surface area contributed by atoms with Crippen LogP contribution in [0.5, 0.6) is 0 Å². The fourth-order valence-corrected chi connectivity index (χ4v) is 2.13. The Morgan fingerprint density at radius 2 is 1.46 bits per heavy atom. The summed E-state index contributed by atoms with van der Waals surface area (Å²) in [7, 11) is -10.7. The Morgan fingerprint density at radius 3 is 1.88 bits per heavy atom. The molecule has 2 aliphatic heterocycles. The molecule has 0 saturated carbocycles. The molecular weight excluding hydrogens is 391 g/mol. The van der Waals surface area contributed by atoms with Crippen LogP contribution in [0.4, 0.5) is 25.2 Å². The molecule has 2 fully saturated rings. The second kappa shape index (κ2) is 7.64. The van der Waals surface area contributed by atoms with Crippen LogP contribution >= 0.6 is 7.81 Å². The quantitative estimate of drug-likeness (QED) is 0.166. The van der Waals surface area contributed by atoms with Gasteiger partial charge in [-0.3, -0.25) is 4.84 Å². The van der Waals surface area contributed by atoms with Gasteiger partial charge in [0.2, 0.25) is 0 Å². The average Bonchev–Trinajstić information content (AvgIpc) is 3.03. The van der Waals surface area contributed by atoms with Gasteiger partial charge in [-0.05, 0) is 18.0 Å². The first-order valence-corrected chi connectivity index (χ1v) is 9.39. The maximum Gasteiger partial charge on any atom is 0.473 e. The van der Waals surface area contributed by atoms with Crippen molar-refractivity contribution in [3.05, 3.63) is 0 Å². The molecule has 0 bridgehead atoms. The molecule has 0 amide bonds. The SMILES string of the molecule is F[P-](F)(F)(F)(F)F.N#CC(C#N)=NOC(N1CCOCC1)=[N+]1CCCC1. The van der Waals surface area contributed by atoms with Crippen LogP contribution in [-0.2, 0) is 9.57 Å². The standard InChI is InChI=1S/C12H16N5O2.F6P/c13-9-11(10-14)15-19-12(16-3-1-2-4-16)17-5-7-18-8-6-17;1-7(2,3,4,5)6/h1-8H2;/q+1;-1. The van der Waals surface area contributed by atoms with Crippen molar-refractivity contribution in [3.8, 4) is 12.1 Å². The fraction of sp³-hybridized carbons (Fsp3) is 0.667. The number of oxime groups is 1. The summed E-state index contributed by atoms with van der Waals surface area (Å²) < 4.78 is 66.6. The molecule has 0 unspecified atom stereocenters. The van der Waals surface area contributed by atoms with E-state index in [0.717, 1.165) is 39.0 Å². The number of nitriles is 2. The summed E-state index contributed by atoms with van der Waals surface area (Å²) in [6.07, 6.45) is 2.23. The van der Waals surface area contributed by atoms with Crippen LogP contribution in [-0.4, -0.2) is 60.6 Å². The Kier molecular flexibility index (Phi) is 6.44. The number of rotatable bonds is 1. The third-order valence-corrected chi connectivity index (χ3v) is 3.09. The number of ether oxygens (including phenoxy) is 1. The Morgan fingerprint density at radius 1 is 1.00 bits per heavy atom. The minimum atomic E-state index is -10.7. The summed E-state index contributed by atoms with van der Waals surface area (Å²) in [4.78, 5) is 7.41. The van der Waals surface area contributed by atoms with E-state index < -0.39 is 7.81 Å². The van der Waals surface area contributed by atoms with Crippen molar-refractivity contribution in [3.63, 3.8) is 0 Å². The predicted molar refractivity (Wildman–Crippen MR) is 79.9 cm³/mol. The number of morpholine rings is 1. The van der Waals surface area contributed by atoms with Crippen LogP contribution in [0, 0.1) is 22.7 Å². The van der Waals surface area contributed by atoms with Gasteiger partial charge < -0.3 is 4.74 Å². The number of hydrogen-bond donors (Lipinski definition) is 0. The minimum Gasteiger partial charge on any atom is -0.373 e. The van der Waals surface area contributed by atoms with E-state index >= 15 is 0 Å². The van der Waals surface area contributed by atoms with E-state index in [0.29, 0.717) is 19.2 Å². The van der Waals surface area contributed by atoms with Crippen LogP contribution in [0.15, 0.2) is 5.16 Å². The van der Waals surface area contributed by atoms with Gasteiger partial charge in [0.1, 0.15) is 25.2 Å². The molecule has 0 spiro atoms. The summed E-state index contributed by atoms with van der Waals surface area (Å²) in [5.41, 5.74) is -0.273. The van der Waals surface area contributed by atoms with Crippen molar-refractivity contribution in [2.75, 3.05) is 39.4 Å². The van der Waals surface area contributed by atoms with E-state index in [1.807, 2.05) is 4.90 Å². The van der Waals surface area contributed by atoms with Gasteiger partial charge in [0.25, 0.3) is 5.71 Å². The monoisotopic (exact) mass is 407 g/mol. The van der Waals surface area contributed by atoms with Gasteiger partial charge in [-0.2, -0.15) is 10.5 Å². The molecule has 7 nitrogen and oxygen atoms in total. The number of nitrogens with zero attached hydrogens (tertiary/aromatic N) is 5. The Labute approximate surface area is 144 Å². The molecule has 2 rings (SSSR count). The summed E-state index contributed by atoms with van der Waals surface area (Å²) in [5.74, 6) is 0. The van der Waals surface area contributed by atoms with Gasteiger partial charge in [-0.1, -0.05) is 0 Å². The smallest absolute Gasteiger partial charge is 0.373 e. The maximum atomic E-state index is 9.87. The summed E-state index contributed by atoms with van der Waals surface area (Å²) >= 11 is 0. The largest absolute Gasteiger partial charge is 0.473 e. The van der Waals surface area contributed by atoms with Crippen molar-refractivity contribution in [1.82, 2.24) is 4.90 Å². The molecular formula is C12H16F6N5O2P. The first-order chi connectivity index (χ1) is 11.8. The van der Waals surface area contributed by atoms with Crippen LogP contribution in [0.3, 0.4) is 0 Å². The number of halogens is 6. The van der Waals surface area contributed by atoms with Crippen LogP contribution < -0.4 is 0 Å². The zero-order chi connectivity index (χ0) is 19.9. The molecule has 148 valence electrons. The van der Waals surface area contributed by atoms with Crippen molar-refractivity contribution in [2.45, 2.75) is 12.8 Å². The van der Waals surface area contributed by atoms with Crippen molar-refractivity contribution >= 4 is 19.5 Å². The summed E-state index contributed by atoms with van der Waals surface area (Å²) in [6.45, 7) is 4.58. The molecule has 0 aliphatic carbocycles. The zero-order valence-electron chi connectivity index (χ0n) is 13.4. The van der Waals surface area contributed by atoms with Crippen molar-refractivity contribution < 1.29 is 39.3 Å². The molecule has 0 atom stereocenters. The first kappa shape index (κ1) is 21.9. The fourth-order valence-electron chi connectivity index (χ4n) is 2.13. The number of hydrogen-bond acceptors (Lipinski definition) is 5. The third kappa shape index (κ3) is 10.7. The summed E-state index contributed by atoms with van der Waals surface area (Å²) in [5, 5.41) is 21.0. The van der Waals surface area contributed by atoms with E-state index in [1.165, 1.54) is 0 Å². The van der Waals surface area contributed by atoms with Gasteiger partial charge in [0.05, 0.1) is 26.3 Å². The van der Waals surface area contributed by atoms with Gasteiger partial charge in [-0.15, -0.1) is 0 Å². The summed E-state index contributed by atoms with van der Waals surface area (Å²) in [6, 6.07) is 4.01.